The molecule has 0 saturated heterocycles. The Morgan fingerprint density at radius 3 is 1.12 bits per heavy atom. The van der Waals surface area contributed by atoms with E-state index in [0.717, 1.165) is 176 Å². The maximum absolute atomic E-state index is 11.9. The van der Waals surface area contributed by atoms with Crippen molar-refractivity contribution in [1.82, 2.24) is 0 Å². The number of Topliss-reactive ketones (excluding diaryl/α,β-unsaturated/α-hetero) is 1. The highest BCUT2D eigenvalue weighted by Gasteiger charge is 2.61. The van der Waals surface area contributed by atoms with Gasteiger partial charge >= 0.3 is 0 Å². The Morgan fingerprint density at radius 2 is 0.735 bits per heavy atom. The molecule has 478 valence electrons. The lowest BCUT2D eigenvalue weighted by Gasteiger charge is -2.57. The molecule has 0 radical (unpaired) electrons. The highest BCUT2D eigenvalue weighted by Crippen LogP contribution is 2.69. The van der Waals surface area contributed by atoms with Crippen molar-refractivity contribution in [2.24, 2.45) is 146 Å². The van der Waals surface area contributed by atoms with Crippen molar-refractivity contribution in [2.75, 3.05) is 0 Å². The van der Waals surface area contributed by atoms with Crippen LogP contribution >= 0.6 is 0 Å². The number of carbonyl (C=O) groups excluding carboxylic acids is 1. The fourth-order valence-electron chi connectivity index (χ4n) is 26.3. The molecule has 0 heterocycles. The maximum atomic E-state index is 11.9. The summed E-state index contributed by atoms with van der Waals surface area (Å²) in [5.74, 6) is 19.4. The van der Waals surface area contributed by atoms with E-state index in [-0.39, 0.29) is 0 Å². The minimum absolute atomic E-state index is 0.397. The van der Waals surface area contributed by atoms with E-state index in [1.165, 1.54) is 161 Å². The zero-order chi connectivity index (χ0) is 60.0. The second-order valence-corrected chi connectivity index (χ2v) is 37.9. The monoisotopic (exact) mass is 1150 g/mol. The minimum Gasteiger partial charge on any atom is -0.390 e. The van der Waals surface area contributed by atoms with E-state index in [1.54, 1.807) is 0 Å². The van der Waals surface area contributed by atoms with Crippen molar-refractivity contribution in [1.29, 1.82) is 0 Å². The quantitative estimate of drug-likeness (QED) is 0.156. The number of carbonyl (C=O) groups is 1. The molecule has 83 heavy (non-hydrogen) atoms. The van der Waals surface area contributed by atoms with Gasteiger partial charge in [0.1, 0.15) is 5.78 Å². The molecule has 12 aliphatic carbocycles. The van der Waals surface area contributed by atoms with Crippen LogP contribution in [-0.4, -0.2) is 48.6 Å². The largest absolute Gasteiger partial charge is 0.390 e. The minimum atomic E-state index is -0.526. The molecule has 12 aliphatic rings. The second-order valence-electron chi connectivity index (χ2n) is 37.9. The fourth-order valence-corrected chi connectivity index (χ4v) is 26.3. The Labute approximate surface area is 512 Å². The van der Waals surface area contributed by atoms with Crippen molar-refractivity contribution in [3.63, 3.8) is 0 Å². The molecule has 25 atom stereocenters. The van der Waals surface area contributed by atoms with Gasteiger partial charge in [0.25, 0.3) is 0 Å². The van der Waals surface area contributed by atoms with E-state index in [4.69, 9.17) is 0 Å². The predicted octanol–water partition coefficient (Wildman–Crippen LogP) is 19.7. The third-order valence-electron chi connectivity index (χ3n) is 30.4. The smallest absolute Gasteiger partial charge is 0.133 e. The van der Waals surface area contributed by atoms with Gasteiger partial charge in [0.05, 0.1) is 22.4 Å². The van der Waals surface area contributed by atoms with Gasteiger partial charge in [-0.25, -0.2) is 0 Å². The Bertz CT molecular complexity index is 2060. The molecule has 9 unspecified atom stereocenters. The lowest BCUT2D eigenvalue weighted by atomic mass is 9.48. The number of hydrogen-bond donors (Lipinski definition) is 4. The van der Waals surface area contributed by atoms with Crippen LogP contribution in [0.1, 0.15) is 316 Å². The average molecular weight is 1150 g/mol. The average Bonchev–Trinajstić information content (AvgIpc) is 2.01. The summed E-state index contributed by atoms with van der Waals surface area (Å²) in [6.07, 6.45) is 43.1. The van der Waals surface area contributed by atoms with Crippen LogP contribution in [0.2, 0.25) is 0 Å². The van der Waals surface area contributed by atoms with Crippen LogP contribution in [0, 0.1) is 146 Å². The van der Waals surface area contributed by atoms with Gasteiger partial charge in [0.2, 0.25) is 0 Å². The first kappa shape index (κ1) is 65.5. The zero-order valence-corrected chi connectivity index (χ0v) is 57.2. The molecular weight excluding hydrogens is 1020 g/mol. The summed E-state index contributed by atoms with van der Waals surface area (Å²) in [4.78, 5) is 11.9. The van der Waals surface area contributed by atoms with Crippen molar-refractivity contribution in [2.45, 2.75) is 338 Å². The van der Waals surface area contributed by atoms with Crippen molar-refractivity contribution in [3.8, 4) is 0 Å². The Balaban J connectivity index is 0.000000139. The highest BCUT2D eigenvalue weighted by molar-refractivity contribution is 5.79. The Morgan fingerprint density at radius 1 is 0.398 bits per heavy atom. The van der Waals surface area contributed by atoms with Crippen LogP contribution in [0.25, 0.3) is 0 Å². The van der Waals surface area contributed by atoms with Crippen LogP contribution in [0.5, 0.6) is 0 Å². The summed E-state index contributed by atoms with van der Waals surface area (Å²) in [6, 6.07) is 0. The van der Waals surface area contributed by atoms with Gasteiger partial charge in [-0.1, -0.05) is 55.4 Å². The van der Waals surface area contributed by atoms with Gasteiger partial charge in [-0.2, -0.15) is 0 Å². The van der Waals surface area contributed by atoms with Crippen LogP contribution in [-0.2, 0) is 4.79 Å². The molecule has 12 fully saturated rings. The third kappa shape index (κ3) is 13.9. The molecule has 0 aliphatic heterocycles. The molecule has 5 heteroatoms. The molecule has 0 amide bonds. The maximum Gasteiger partial charge on any atom is 0.133 e. The summed E-state index contributed by atoms with van der Waals surface area (Å²) in [6.45, 7) is 34.3. The summed E-state index contributed by atoms with van der Waals surface area (Å²) >= 11 is 0. The zero-order valence-electron chi connectivity index (χ0n) is 57.2. The Hall–Kier alpha value is -0.490. The van der Waals surface area contributed by atoms with Gasteiger partial charge in [0, 0.05) is 12.8 Å². The lowest BCUT2D eigenvalue weighted by Crippen LogP contribution is -2.50. The second kappa shape index (κ2) is 24.6. The van der Waals surface area contributed by atoms with Crippen molar-refractivity contribution < 1.29 is 25.2 Å². The van der Waals surface area contributed by atoms with E-state index in [2.05, 4.69) is 62.3 Å². The molecule has 0 aromatic carbocycles. The summed E-state index contributed by atoms with van der Waals surface area (Å²) in [5.41, 5.74) is 0.299. The summed E-state index contributed by atoms with van der Waals surface area (Å²) in [7, 11) is 0. The third-order valence-corrected chi connectivity index (χ3v) is 30.4. The lowest BCUT2D eigenvalue weighted by molar-refractivity contribution is -0.127. The first-order valence-corrected chi connectivity index (χ1v) is 37.1. The SMILES string of the molecule is C[C@H](CCC(C)(C)O)[C@H]1CCC2C3CC[C@@H]4CC(=O)CC[C@@H]4C3CC[C@@]21C.C[C@H](CCC(C)(C)O)[C@H]1CCC2C3CC[C@@H]4CC(C)(C)CC[C@@H]4C3CC[C@@]21C.C[C@H](CCC(C)(C)O)[C@H]1CCC2C3CC[C@@H]4C[C@@](C)(O)CC[C@@H]4C3CC[C@@]21C. The molecule has 5 nitrogen and oxygen atoms in total. The molecule has 0 bridgehead atoms. The fraction of sp³-hybridized carbons (Fsp3) is 0.987. The van der Waals surface area contributed by atoms with Crippen LogP contribution in [0.15, 0.2) is 0 Å². The highest BCUT2D eigenvalue weighted by atomic mass is 16.3. The van der Waals surface area contributed by atoms with Crippen LogP contribution in [0.4, 0.5) is 0 Å². The topological polar surface area (TPSA) is 98.0 Å². The first-order valence-electron chi connectivity index (χ1n) is 37.1. The van der Waals surface area contributed by atoms with Crippen LogP contribution < -0.4 is 0 Å². The summed E-state index contributed by atoms with van der Waals surface area (Å²) in [5, 5.41) is 41.1. The number of rotatable bonds is 12. The number of aliphatic hydroxyl groups is 4. The van der Waals surface area contributed by atoms with Crippen molar-refractivity contribution in [3.05, 3.63) is 0 Å². The van der Waals surface area contributed by atoms with E-state index in [1.807, 2.05) is 41.5 Å². The van der Waals surface area contributed by atoms with Crippen molar-refractivity contribution >= 4 is 5.78 Å². The number of fused-ring (bicyclic) bond motifs is 15. The van der Waals surface area contributed by atoms with E-state index < -0.39 is 22.4 Å². The van der Waals surface area contributed by atoms with Gasteiger partial charge in [-0.05, 0) is 393 Å². The molecular formula is C78H136O5. The first-order chi connectivity index (χ1) is 38.7. The molecule has 0 aromatic heterocycles. The Kier molecular flexibility index (Phi) is 19.4. The molecule has 12 rings (SSSR count). The standard InChI is InChI=1S/C27H48O.C26H46O2.C25H42O2/c1-18(11-15-26(4,5)28)23-9-10-24-22-8-7-19-17-25(2,3)14-12-20(19)21(22)13-16-27(23,24)6;1-17(10-13-24(2,3)27)22-8-9-23-21-7-6-18-16-25(4,28)14-11-19(18)20(21)12-15-26(22,23)5;1-16(11-13-24(2,3)27)22-9-10-23-21-7-5-17-15-18(26)6-8-19(17)20(21)12-14-25(22,23)4/h18-24,28H,7-17H2,1-6H3;17-23,27-28H,6-16H2,1-5H3;16-17,19-23,27H,5-15H2,1-4H3/t18-,19-,20+,21?,22?,23-,24?,27-;17-,18-,19+,20?,21?,22-,23?,25+,26-;16-,17-,19+,20?,21?,22-,23?,25-/m111/s1. The van der Waals surface area contributed by atoms with Gasteiger partial charge in [-0.3, -0.25) is 4.79 Å². The van der Waals surface area contributed by atoms with Crippen LogP contribution in [0.3, 0.4) is 0 Å². The normalized spacial score (nSPS) is 47.3. The van der Waals surface area contributed by atoms with Gasteiger partial charge in [0.15, 0.2) is 0 Å². The molecule has 0 spiro atoms. The van der Waals surface area contributed by atoms with E-state index in [0.29, 0.717) is 27.4 Å². The number of ketones is 1. The van der Waals surface area contributed by atoms with Gasteiger partial charge < -0.3 is 20.4 Å². The predicted molar refractivity (Wildman–Crippen MR) is 345 cm³/mol. The molecule has 4 N–H and O–H groups in total. The molecule has 0 aromatic rings. The van der Waals surface area contributed by atoms with E-state index in [9.17, 15) is 25.2 Å². The summed E-state index contributed by atoms with van der Waals surface area (Å²) < 4.78 is 0. The van der Waals surface area contributed by atoms with Gasteiger partial charge in [-0.15, -0.1) is 0 Å². The number of hydrogen-bond acceptors (Lipinski definition) is 5. The molecule has 12 saturated carbocycles. The van der Waals surface area contributed by atoms with E-state index >= 15 is 0 Å².